The Kier molecular flexibility index (Phi) is 5.01. The average molecular weight is 277 g/mol. The van der Waals surface area contributed by atoms with Crippen LogP contribution in [0.15, 0.2) is 24.3 Å². The molecule has 1 aliphatic rings. The Hall–Kier alpha value is -1.55. The number of para-hydroxylation sites is 1. The van der Waals surface area contributed by atoms with Gasteiger partial charge in [-0.2, -0.15) is 0 Å². The molecule has 1 aromatic carbocycles. The minimum absolute atomic E-state index is 0.129. The van der Waals surface area contributed by atoms with E-state index in [1.54, 1.807) is 12.1 Å². The molecule has 2 rings (SSSR count). The molecule has 1 fully saturated rings. The van der Waals surface area contributed by atoms with Gasteiger partial charge in [0.15, 0.2) is 0 Å². The lowest BCUT2D eigenvalue weighted by Crippen LogP contribution is -2.38. The van der Waals surface area contributed by atoms with E-state index in [-0.39, 0.29) is 17.9 Å². The molecule has 0 bridgehead atoms. The summed E-state index contributed by atoms with van der Waals surface area (Å²) in [6.07, 6.45) is 4.23. The summed E-state index contributed by atoms with van der Waals surface area (Å²) in [5.41, 5.74) is 0.427. The lowest BCUT2D eigenvalue weighted by Gasteiger charge is -2.26. The van der Waals surface area contributed by atoms with Crippen LogP contribution in [0, 0.1) is 5.41 Å². The van der Waals surface area contributed by atoms with Gasteiger partial charge in [-0.1, -0.05) is 25.0 Å². The minimum Gasteiger partial charge on any atom is -0.493 e. The number of carbonyl (C=O) groups is 1. The zero-order chi connectivity index (χ0) is 14.4. The molecule has 0 spiro atoms. The summed E-state index contributed by atoms with van der Waals surface area (Å²) in [6, 6.07) is 7.25. The number of aliphatic hydroxyl groups is 1. The molecule has 4 heteroatoms. The first-order chi connectivity index (χ1) is 9.71. The van der Waals surface area contributed by atoms with Crippen molar-refractivity contribution in [2.75, 3.05) is 19.8 Å². The van der Waals surface area contributed by atoms with Gasteiger partial charge >= 0.3 is 0 Å². The molecule has 20 heavy (non-hydrogen) atoms. The van der Waals surface area contributed by atoms with Crippen LogP contribution in [0.4, 0.5) is 0 Å². The second-order valence-corrected chi connectivity index (χ2v) is 5.48. The second-order valence-electron chi connectivity index (χ2n) is 5.48. The quantitative estimate of drug-likeness (QED) is 0.839. The molecule has 0 atom stereocenters. The predicted octanol–water partition coefficient (Wildman–Crippen LogP) is 2.37. The maximum atomic E-state index is 12.3. The number of rotatable bonds is 6. The SMILES string of the molecule is CCOc1ccccc1C(=O)NCC1(CO)CCCC1. The Labute approximate surface area is 120 Å². The predicted molar refractivity (Wildman–Crippen MR) is 77.9 cm³/mol. The number of benzene rings is 1. The summed E-state index contributed by atoms with van der Waals surface area (Å²) < 4.78 is 5.47. The molecule has 0 aromatic heterocycles. The highest BCUT2D eigenvalue weighted by molar-refractivity contribution is 5.96. The molecule has 0 heterocycles. The van der Waals surface area contributed by atoms with E-state index in [9.17, 15) is 9.90 Å². The molecule has 0 radical (unpaired) electrons. The fourth-order valence-electron chi connectivity index (χ4n) is 2.81. The van der Waals surface area contributed by atoms with Gasteiger partial charge in [0.25, 0.3) is 5.91 Å². The molecule has 4 nitrogen and oxygen atoms in total. The third-order valence-electron chi connectivity index (χ3n) is 4.06. The van der Waals surface area contributed by atoms with Gasteiger partial charge in [-0.15, -0.1) is 0 Å². The maximum Gasteiger partial charge on any atom is 0.255 e. The fourth-order valence-corrected chi connectivity index (χ4v) is 2.81. The van der Waals surface area contributed by atoms with Crippen molar-refractivity contribution in [3.8, 4) is 5.75 Å². The number of nitrogens with one attached hydrogen (secondary N) is 1. The van der Waals surface area contributed by atoms with Gasteiger partial charge in [0.1, 0.15) is 5.75 Å². The molecule has 0 saturated heterocycles. The summed E-state index contributed by atoms with van der Waals surface area (Å²) in [5.74, 6) is 0.478. The van der Waals surface area contributed by atoms with E-state index in [1.165, 1.54) is 0 Å². The Bertz CT molecular complexity index is 453. The average Bonchev–Trinajstić information content (AvgIpc) is 2.95. The van der Waals surface area contributed by atoms with E-state index in [0.717, 1.165) is 25.7 Å². The van der Waals surface area contributed by atoms with Crippen molar-refractivity contribution >= 4 is 5.91 Å². The Morgan fingerprint density at radius 3 is 2.70 bits per heavy atom. The van der Waals surface area contributed by atoms with Crippen molar-refractivity contribution in [1.82, 2.24) is 5.32 Å². The summed E-state index contributed by atoms with van der Waals surface area (Å²) in [6.45, 7) is 3.10. The molecular formula is C16H23NO3. The second kappa shape index (κ2) is 6.75. The minimum atomic E-state index is -0.131. The van der Waals surface area contributed by atoms with E-state index >= 15 is 0 Å². The number of amides is 1. The van der Waals surface area contributed by atoms with Gasteiger partial charge in [0.2, 0.25) is 0 Å². The van der Waals surface area contributed by atoms with E-state index in [4.69, 9.17) is 4.74 Å². The third-order valence-corrected chi connectivity index (χ3v) is 4.06. The van der Waals surface area contributed by atoms with Crippen LogP contribution < -0.4 is 10.1 Å². The van der Waals surface area contributed by atoms with Gasteiger partial charge in [-0.05, 0) is 31.9 Å². The molecule has 1 amide bonds. The molecule has 0 aliphatic heterocycles. The number of carbonyl (C=O) groups excluding carboxylic acids is 1. The van der Waals surface area contributed by atoms with Crippen LogP contribution >= 0.6 is 0 Å². The van der Waals surface area contributed by atoms with E-state index < -0.39 is 0 Å². The van der Waals surface area contributed by atoms with Crippen LogP contribution in [0.2, 0.25) is 0 Å². The number of aliphatic hydroxyl groups excluding tert-OH is 1. The third kappa shape index (κ3) is 3.31. The number of ether oxygens (including phenoxy) is 1. The Balaban J connectivity index is 2.01. The van der Waals surface area contributed by atoms with Crippen LogP contribution in [0.3, 0.4) is 0 Å². The Morgan fingerprint density at radius 2 is 2.05 bits per heavy atom. The van der Waals surface area contributed by atoms with Crippen molar-refractivity contribution in [1.29, 1.82) is 0 Å². The smallest absolute Gasteiger partial charge is 0.255 e. The van der Waals surface area contributed by atoms with Crippen molar-refractivity contribution in [3.05, 3.63) is 29.8 Å². The molecule has 1 aliphatic carbocycles. The molecule has 1 aromatic rings. The highest BCUT2D eigenvalue weighted by Crippen LogP contribution is 2.37. The molecule has 0 unspecified atom stereocenters. The summed E-state index contributed by atoms with van der Waals surface area (Å²) in [4.78, 5) is 12.3. The van der Waals surface area contributed by atoms with E-state index in [0.29, 0.717) is 24.5 Å². The first kappa shape index (κ1) is 14.9. The molecule has 1 saturated carbocycles. The first-order valence-electron chi connectivity index (χ1n) is 7.32. The highest BCUT2D eigenvalue weighted by Gasteiger charge is 2.33. The van der Waals surface area contributed by atoms with Crippen LogP contribution in [0.25, 0.3) is 0 Å². The van der Waals surface area contributed by atoms with Crippen LogP contribution in [0.5, 0.6) is 5.75 Å². The first-order valence-corrected chi connectivity index (χ1v) is 7.32. The Morgan fingerprint density at radius 1 is 1.35 bits per heavy atom. The van der Waals surface area contributed by atoms with Gasteiger partial charge in [-0.3, -0.25) is 4.79 Å². The topological polar surface area (TPSA) is 58.6 Å². The normalized spacial score (nSPS) is 16.9. The molecule has 2 N–H and O–H groups in total. The van der Waals surface area contributed by atoms with Gasteiger partial charge in [-0.25, -0.2) is 0 Å². The van der Waals surface area contributed by atoms with Crippen LogP contribution in [-0.4, -0.2) is 30.8 Å². The van der Waals surface area contributed by atoms with Crippen molar-refractivity contribution in [2.45, 2.75) is 32.6 Å². The van der Waals surface area contributed by atoms with Crippen LogP contribution in [-0.2, 0) is 0 Å². The summed E-state index contributed by atoms with van der Waals surface area (Å²) >= 11 is 0. The summed E-state index contributed by atoms with van der Waals surface area (Å²) in [7, 11) is 0. The van der Waals surface area contributed by atoms with Crippen LogP contribution in [0.1, 0.15) is 43.0 Å². The molecular weight excluding hydrogens is 254 g/mol. The number of hydrogen-bond donors (Lipinski definition) is 2. The zero-order valence-corrected chi connectivity index (χ0v) is 12.0. The van der Waals surface area contributed by atoms with Gasteiger partial charge in [0, 0.05) is 12.0 Å². The molecule has 110 valence electrons. The van der Waals surface area contributed by atoms with Gasteiger partial charge in [0.05, 0.1) is 18.8 Å². The van der Waals surface area contributed by atoms with E-state index in [1.807, 2.05) is 19.1 Å². The monoisotopic (exact) mass is 277 g/mol. The largest absolute Gasteiger partial charge is 0.493 e. The zero-order valence-electron chi connectivity index (χ0n) is 12.0. The maximum absolute atomic E-state index is 12.3. The lowest BCUT2D eigenvalue weighted by atomic mass is 9.87. The summed E-state index contributed by atoms with van der Waals surface area (Å²) in [5, 5.41) is 12.5. The standard InChI is InChI=1S/C16H23NO3/c1-2-20-14-8-4-3-7-13(14)15(19)17-11-16(12-18)9-5-6-10-16/h3-4,7-8,18H,2,5-6,9-12H2,1H3,(H,17,19). The van der Waals surface area contributed by atoms with E-state index in [2.05, 4.69) is 5.32 Å². The highest BCUT2D eigenvalue weighted by atomic mass is 16.5. The van der Waals surface area contributed by atoms with Gasteiger partial charge < -0.3 is 15.2 Å². The van der Waals surface area contributed by atoms with Crippen molar-refractivity contribution < 1.29 is 14.6 Å². The fraction of sp³-hybridized carbons (Fsp3) is 0.562. The van der Waals surface area contributed by atoms with Crippen molar-refractivity contribution in [2.24, 2.45) is 5.41 Å². The van der Waals surface area contributed by atoms with Crippen molar-refractivity contribution in [3.63, 3.8) is 0 Å². The number of hydrogen-bond acceptors (Lipinski definition) is 3. The lowest BCUT2D eigenvalue weighted by molar-refractivity contribution is 0.0877.